The van der Waals surface area contributed by atoms with Crippen molar-refractivity contribution in [1.82, 2.24) is 4.90 Å². The molecule has 0 aromatic carbocycles. The molecule has 72 valence electrons. The number of amides is 2. The number of imide groups is 1. The summed E-state index contributed by atoms with van der Waals surface area (Å²) in [6, 6.07) is 0. The molecule has 1 atom stereocenters. The topological polar surface area (TPSA) is 46.6 Å². The van der Waals surface area contributed by atoms with Crippen molar-refractivity contribution in [2.24, 2.45) is 0 Å². The molecule has 1 saturated heterocycles. The van der Waals surface area contributed by atoms with Crippen LogP contribution < -0.4 is 0 Å². The molecule has 0 N–H and O–H groups in total. The van der Waals surface area contributed by atoms with Crippen LogP contribution in [0.5, 0.6) is 0 Å². The summed E-state index contributed by atoms with van der Waals surface area (Å²) in [5.41, 5.74) is 0. The van der Waals surface area contributed by atoms with Crippen molar-refractivity contribution >= 4 is 30.6 Å². The predicted molar refractivity (Wildman–Crippen MR) is 53.1 cm³/mol. The van der Waals surface area contributed by atoms with Crippen LogP contribution in [0.15, 0.2) is 0 Å². The molecule has 0 aromatic rings. The zero-order chi connectivity index (χ0) is 9.84. The quantitative estimate of drug-likeness (QED) is 0.434. The van der Waals surface area contributed by atoms with Crippen molar-refractivity contribution in [3.8, 4) is 0 Å². The molecule has 2 amide bonds. The highest BCUT2D eigenvalue weighted by Gasteiger charge is 2.37. The zero-order valence-corrected chi connectivity index (χ0v) is 8.60. The maximum Gasteiger partial charge on any atom is 0.241 e. The molecule has 1 unspecified atom stereocenters. The van der Waals surface area contributed by atoms with Crippen molar-refractivity contribution < 1.29 is 14.3 Å². The SMILES string of the molecule is BSC1CC(=O)N(CCOC)C1=O. The van der Waals surface area contributed by atoms with Crippen LogP contribution in [-0.4, -0.2) is 49.4 Å². The van der Waals surface area contributed by atoms with Gasteiger partial charge in [-0.1, -0.05) is 0 Å². The predicted octanol–water partition coefficient (Wildman–Crippen LogP) is -0.958. The number of hydrogen-bond acceptors (Lipinski definition) is 4. The van der Waals surface area contributed by atoms with Crippen molar-refractivity contribution in [1.29, 1.82) is 0 Å². The van der Waals surface area contributed by atoms with Crippen LogP contribution in [0.25, 0.3) is 0 Å². The van der Waals surface area contributed by atoms with E-state index in [-0.39, 0.29) is 17.1 Å². The lowest BCUT2D eigenvalue weighted by molar-refractivity contribution is -0.138. The first-order chi connectivity index (χ1) is 6.20. The third kappa shape index (κ3) is 2.25. The molecule has 0 aliphatic carbocycles. The van der Waals surface area contributed by atoms with E-state index in [0.717, 1.165) is 0 Å². The minimum Gasteiger partial charge on any atom is -0.383 e. The Bertz CT molecular complexity index is 224. The fourth-order valence-electron chi connectivity index (χ4n) is 1.25. The van der Waals surface area contributed by atoms with Crippen molar-refractivity contribution in [2.75, 3.05) is 20.3 Å². The number of ether oxygens (including phenoxy) is 1. The highest BCUT2D eigenvalue weighted by Crippen LogP contribution is 2.21. The third-order valence-electron chi connectivity index (χ3n) is 2.01. The first-order valence-electron chi connectivity index (χ1n) is 4.06. The summed E-state index contributed by atoms with van der Waals surface area (Å²) in [6.07, 6.45) is 0.337. The van der Waals surface area contributed by atoms with Gasteiger partial charge >= 0.3 is 0 Å². The fourth-order valence-corrected chi connectivity index (χ4v) is 1.89. The van der Waals surface area contributed by atoms with Gasteiger partial charge in [-0.15, -0.1) is 0 Å². The van der Waals surface area contributed by atoms with Crippen LogP contribution >= 0.6 is 11.6 Å². The van der Waals surface area contributed by atoms with Gasteiger partial charge in [-0.2, -0.15) is 0 Å². The van der Waals surface area contributed by atoms with Crippen molar-refractivity contribution in [3.05, 3.63) is 0 Å². The molecular formula is C7H12BNO3S. The van der Waals surface area contributed by atoms with Crippen LogP contribution in [0.2, 0.25) is 0 Å². The number of carbonyl (C=O) groups excluding carboxylic acids is 2. The van der Waals surface area contributed by atoms with Gasteiger partial charge in [0.2, 0.25) is 11.8 Å². The van der Waals surface area contributed by atoms with Gasteiger partial charge in [0, 0.05) is 13.5 Å². The minimum absolute atomic E-state index is 0.0745. The van der Waals surface area contributed by atoms with Gasteiger partial charge in [-0.05, 0) is 0 Å². The first kappa shape index (κ1) is 10.6. The molecule has 0 bridgehead atoms. The summed E-state index contributed by atoms with van der Waals surface area (Å²) in [6.45, 7) is 0.795. The van der Waals surface area contributed by atoms with Gasteiger partial charge in [0.25, 0.3) is 0 Å². The summed E-state index contributed by atoms with van der Waals surface area (Å²) in [5, 5.41) is -0.177. The number of rotatable bonds is 4. The molecule has 13 heavy (non-hydrogen) atoms. The van der Waals surface area contributed by atoms with Crippen LogP contribution in [-0.2, 0) is 14.3 Å². The summed E-state index contributed by atoms with van der Waals surface area (Å²) >= 11 is 1.43. The highest BCUT2D eigenvalue weighted by molar-refractivity contribution is 8.20. The zero-order valence-electron chi connectivity index (χ0n) is 7.78. The first-order valence-corrected chi connectivity index (χ1v) is 5.35. The van der Waals surface area contributed by atoms with E-state index in [1.165, 1.54) is 16.5 Å². The van der Waals surface area contributed by atoms with Gasteiger partial charge in [0.1, 0.15) is 0 Å². The maximum atomic E-state index is 11.5. The number of hydrogen-bond donors (Lipinski definition) is 0. The fraction of sp³-hybridized carbons (Fsp3) is 0.714. The van der Waals surface area contributed by atoms with E-state index in [0.29, 0.717) is 19.6 Å². The Labute approximate surface area is 82.3 Å². The number of methoxy groups -OCH3 is 1. The molecular weight excluding hydrogens is 189 g/mol. The van der Waals surface area contributed by atoms with Gasteiger partial charge < -0.3 is 4.74 Å². The molecule has 1 aliphatic rings. The minimum atomic E-state index is -0.177. The van der Waals surface area contributed by atoms with Gasteiger partial charge in [-0.3, -0.25) is 14.5 Å². The van der Waals surface area contributed by atoms with Crippen LogP contribution in [0.4, 0.5) is 0 Å². The normalized spacial score (nSPS) is 22.8. The van der Waals surface area contributed by atoms with Crippen molar-refractivity contribution in [2.45, 2.75) is 11.7 Å². The average molecular weight is 201 g/mol. The number of carbonyl (C=O) groups is 2. The molecule has 6 heteroatoms. The summed E-state index contributed by atoms with van der Waals surface area (Å²) < 4.78 is 4.82. The van der Waals surface area contributed by atoms with Gasteiger partial charge in [-0.25, -0.2) is 11.6 Å². The monoisotopic (exact) mass is 201 g/mol. The summed E-state index contributed by atoms with van der Waals surface area (Å²) in [5.74, 6) is -0.157. The summed E-state index contributed by atoms with van der Waals surface area (Å²) in [4.78, 5) is 24.1. The lowest BCUT2D eigenvalue weighted by atomic mass is 10.4. The van der Waals surface area contributed by atoms with Crippen LogP contribution in [0.3, 0.4) is 0 Å². The standard InChI is InChI=1S/C7H12BNO3S/c1-12-3-2-9-6(10)4-5(13-8)7(9)11/h5H,2-4,8H2,1H3. The average Bonchev–Trinajstić information content (AvgIpc) is 2.39. The number of likely N-dealkylation sites (tertiary alicyclic amines) is 1. The lowest BCUT2D eigenvalue weighted by Crippen LogP contribution is -2.34. The second kappa shape index (κ2) is 4.67. The highest BCUT2D eigenvalue weighted by atomic mass is 32.2. The number of nitrogens with zero attached hydrogens (tertiary/aromatic N) is 1. The van der Waals surface area contributed by atoms with E-state index in [1.54, 1.807) is 7.11 Å². The Morgan fingerprint density at radius 3 is 2.85 bits per heavy atom. The van der Waals surface area contributed by atoms with E-state index < -0.39 is 0 Å². The second-order valence-corrected chi connectivity index (χ2v) is 3.85. The molecule has 0 aromatic heterocycles. The maximum absolute atomic E-state index is 11.5. The molecule has 1 aliphatic heterocycles. The molecule has 1 rings (SSSR count). The molecule has 1 heterocycles. The summed E-state index contributed by atoms with van der Waals surface area (Å²) in [7, 11) is 3.40. The van der Waals surface area contributed by atoms with E-state index in [4.69, 9.17) is 4.74 Å². The van der Waals surface area contributed by atoms with Gasteiger partial charge in [0.05, 0.1) is 18.4 Å². The molecule has 4 nitrogen and oxygen atoms in total. The van der Waals surface area contributed by atoms with Crippen molar-refractivity contribution in [3.63, 3.8) is 0 Å². The molecule has 0 saturated carbocycles. The van der Waals surface area contributed by atoms with E-state index in [2.05, 4.69) is 0 Å². The van der Waals surface area contributed by atoms with E-state index >= 15 is 0 Å². The molecule has 0 spiro atoms. The second-order valence-electron chi connectivity index (χ2n) is 2.80. The molecule has 0 radical (unpaired) electrons. The van der Waals surface area contributed by atoms with Gasteiger partial charge in [0.15, 0.2) is 7.12 Å². The van der Waals surface area contributed by atoms with Crippen LogP contribution in [0.1, 0.15) is 6.42 Å². The Morgan fingerprint density at radius 1 is 1.69 bits per heavy atom. The largest absolute Gasteiger partial charge is 0.383 e. The smallest absolute Gasteiger partial charge is 0.241 e. The Hall–Kier alpha value is -0.485. The Kier molecular flexibility index (Phi) is 3.80. The van der Waals surface area contributed by atoms with E-state index in [9.17, 15) is 9.59 Å². The lowest BCUT2D eigenvalue weighted by Gasteiger charge is -2.13. The Balaban J connectivity index is 2.54. The van der Waals surface area contributed by atoms with Crippen LogP contribution in [0, 0.1) is 0 Å². The molecule has 1 fully saturated rings. The third-order valence-corrected chi connectivity index (χ3v) is 2.94. The Morgan fingerprint density at radius 2 is 2.38 bits per heavy atom. The van der Waals surface area contributed by atoms with E-state index in [1.807, 2.05) is 7.12 Å².